The minimum Gasteiger partial charge on any atom is -0.493 e. The van der Waals surface area contributed by atoms with Gasteiger partial charge in [0.1, 0.15) is 5.75 Å². The van der Waals surface area contributed by atoms with E-state index in [2.05, 4.69) is 33.1 Å². The molecular weight excluding hydrogens is 577 g/mol. The summed E-state index contributed by atoms with van der Waals surface area (Å²) in [5.74, 6) is -1.01. The van der Waals surface area contributed by atoms with E-state index in [0.29, 0.717) is 40.7 Å². The normalized spacial score (nSPS) is 14.0. The maximum Gasteiger partial charge on any atom is 0.314 e. The number of fused-ring (bicyclic) bond motifs is 1. The molecule has 1 aromatic heterocycles. The highest BCUT2D eigenvalue weighted by molar-refractivity contribution is 6.39. The Morgan fingerprint density at radius 2 is 1.82 bits per heavy atom. The molecule has 5 rings (SSSR count). The molecule has 0 radical (unpaired) electrons. The van der Waals surface area contributed by atoms with E-state index in [9.17, 15) is 9.59 Å². The number of halogens is 1. The fourth-order valence-electron chi connectivity index (χ4n) is 5.13. The molecule has 3 aromatic carbocycles. The van der Waals surface area contributed by atoms with Crippen molar-refractivity contribution in [2.24, 2.45) is 5.92 Å². The second-order valence-corrected chi connectivity index (χ2v) is 11.0. The predicted molar refractivity (Wildman–Crippen MR) is 168 cm³/mol. The number of carbonyl (C=O) groups is 2. The molecule has 3 N–H and O–H groups in total. The van der Waals surface area contributed by atoms with Crippen LogP contribution >= 0.6 is 0 Å². The summed E-state index contributed by atoms with van der Waals surface area (Å²) in [5, 5.41) is 8.93. The van der Waals surface area contributed by atoms with Crippen molar-refractivity contribution in [3.05, 3.63) is 84.3 Å². The quantitative estimate of drug-likeness (QED) is 0.212. The van der Waals surface area contributed by atoms with Crippen LogP contribution in [-0.2, 0) is 9.59 Å². The van der Waals surface area contributed by atoms with Crippen LogP contribution in [0.25, 0.3) is 10.9 Å². The summed E-state index contributed by atoms with van der Waals surface area (Å²) in [6.07, 6.45) is 3.65. The van der Waals surface area contributed by atoms with E-state index in [1.807, 2.05) is 49.3 Å². The number of methoxy groups -OCH3 is 1. The lowest BCUT2D eigenvalue weighted by molar-refractivity contribution is -0.136. The highest BCUT2D eigenvalue weighted by atomic mass is 19.1. The molecule has 2 heterocycles. The van der Waals surface area contributed by atoms with Crippen LogP contribution in [-0.4, -0.2) is 69.1 Å². The first-order valence-corrected chi connectivity index (χ1v) is 14.7. The maximum absolute atomic E-state index is 15.1. The van der Waals surface area contributed by atoms with E-state index in [1.165, 1.54) is 0 Å². The van der Waals surface area contributed by atoms with Crippen molar-refractivity contribution < 1.29 is 28.2 Å². The van der Waals surface area contributed by atoms with Gasteiger partial charge in [-0.05, 0) is 75.8 Å². The van der Waals surface area contributed by atoms with Crippen molar-refractivity contribution in [2.75, 3.05) is 52.8 Å². The predicted octanol–water partition coefficient (Wildman–Crippen LogP) is 4.51. The van der Waals surface area contributed by atoms with E-state index in [1.54, 1.807) is 31.5 Å². The Bertz CT molecular complexity index is 1630. The minimum atomic E-state index is -0.955. The molecule has 1 saturated heterocycles. The molecule has 1 atom stereocenters. The van der Waals surface area contributed by atoms with E-state index in [0.717, 1.165) is 37.6 Å². The zero-order valence-electron chi connectivity index (χ0n) is 25.5. The average molecular weight is 614 g/mol. The fraction of sp³-hybridized carbons (Fsp3) is 0.324. The van der Waals surface area contributed by atoms with Gasteiger partial charge in [0.05, 0.1) is 31.0 Å². The smallest absolute Gasteiger partial charge is 0.314 e. The molecule has 0 bridgehead atoms. The van der Waals surface area contributed by atoms with E-state index in [4.69, 9.17) is 14.2 Å². The molecule has 1 aliphatic rings. The Labute approximate surface area is 261 Å². The first kappa shape index (κ1) is 31.5. The van der Waals surface area contributed by atoms with Crippen LogP contribution in [0.1, 0.15) is 24.4 Å². The first-order valence-electron chi connectivity index (χ1n) is 14.7. The van der Waals surface area contributed by atoms with Crippen LogP contribution in [0.2, 0.25) is 0 Å². The highest BCUT2D eigenvalue weighted by Crippen LogP contribution is 2.37. The average Bonchev–Trinajstić information content (AvgIpc) is 3.05. The molecule has 1 aliphatic heterocycles. The lowest BCUT2D eigenvalue weighted by Gasteiger charge is -2.24. The van der Waals surface area contributed by atoms with Gasteiger partial charge in [-0.3, -0.25) is 14.6 Å². The molecule has 1 unspecified atom stereocenters. The van der Waals surface area contributed by atoms with Gasteiger partial charge in [0, 0.05) is 30.3 Å². The molecule has 234 valence electrons. The Balaban J connectivity index is 1.23. The molecule has 0 aliphatic carbocycles. The van der Waals surface area contributed by atoms with Crippen LogP contribution in [0, 0.1) is 23.9 Å². The largest absolute Gasteiger partial charge is 0.493 e. The third kappa shape index (κ3) is 7.98. The number of likely N-dealkylation sites (N-methyl/N-ethyl adjacent to an activating group) is 1. The number of piperidine rings is 1. The van der Waals surface area contributed by atoms with E-state index >= 15 is 4.39 Å². The second-order valence-electron chi connectivity index (χ2n) is 11.0. The van der Waals surface area contributed by atoms with Gasteiger partial charge >= 0.3 is 11.8 Å². The van der Waals surface area contributed by atoms with Crippen molar-refractivity contribution in [3.8, 4) is 23.0 Å². The second kappa shape index (κ2) is 14.7. The number of nitrogens with zero attached hydrogens (tertiary/aromatic N) is 2. The highest BCUT2D eigenvalue weighted by Gasteiger charge is 2.20. The Morgan fingerprint density at radius 1 is 1.04 bits per heavy atom. The summed E-state index contributed by atoms with van der Waals surface area (Å²) in [6, 6.07) is 20.8. The Kier molecular flexibility index (Phi) is 10.3. The third-order valence-electron chi connectivity index (χ3n) is 7.65. The molecule has 0 spiro atoms. The number of amides is 2. The van der Waals surface area contributed by atoms with Crippen LogP contribution in [0.5, 0.6) is 23.0 Å². The molecule has 1 fully saturated rings. The first-order chi connectivity index (χ1) is 21.8. The minimum absolute atomic E-state index is 0.0657. The Morgan fingerprint density at radius 3 is 2.53 bits per heavy atom. The monoisotopic (exact) mass is 613 g/mol. The van der Waals surface area contributed by atoms with Gasteiger partial charge in [0.15, 0.2) is 17.3 Å². The molecular formula is C34H36FN5O5. The zero-order chi connectivity index (χ0) is 31.8. The third-order valence-corrected chi connectivity index (χ3v) is 7.65. The molecule has 2 amide bonds. The number of anilines is 1. The zero-order valence-corrected chi connectivity index (χ0v) is 25.5. The number of nitrogens with one attached hydrogen (secondary N) is 3. The van der Waals surface area contributed by atoms with Crippen LogP contribution < -0.4 is 30.2 Å². The lowest BCUT2D eigenvalue weighted by Crippen LogP contribution is -2.40. The summed E-state index contributed by atoms with van der Waals surface area (Å²) < 4.78 is 32.6. The van der Waals surface area contributed by atoms with Gasteiger partial charge in [-0.1, -0.05) is 30.3 Å². The van der Waals surface area contributed by atoms with Gasteiger partial charge in [-0.2, -0.15) is 0 Å². The molecule has 11 heteroatoms. The fourth-order valence-corrected chi connectivity index (χ4v) is 5.13. The number of hydrogen-bond donors (Lipinski definition) is 3. The van der Waals surface area contributed by atoms with Gasteiger partial charge in [-0.25, -0.2) is 4.39 Å². The molecule has 10 nitrogen and oxygen atoms in total. The summed E-state index contributed by atoms with van der Waals surface area (Å²) in [6.45, 7) is 2.73. The lowest BCUT2D eigenvalue weighted by atomic mass is 9.99. The van der Waals surface area contributed by atoms with Crippen molar-refractivity contribution in [1.29, 1.82) is 0 Å². The number of carbonyl (C=O) groups excluding carboxylic acids is 2. The number of benzene rings is 2. The van der Waals surface area contributed by atoms with Gasteiger partial charge in [0.2, 0.25) is 5.75 Å². The van der Waals surface area contributed by atoms with Crippen LogP contribution in [0.4, 0.5) is 10.1 Å². The van der Waals surface area contributed by atoms with Crippen molar-refractivity contribution in [3.63, 3.8) is 0 Å². The molecule has 4 aromatic rings. The molecule has 45 heavy (non-hydrogen) atoms. The standard InChI is InChI=1S/C34H36FN5O5/c1-40(2)28(23-7-5-4-6-8-23)20-38-33(41)34(42)39-24-9-10-30(26(35)17-24)45-29-13-16-37-27-19-32(31(43-3)18-25(27)29)44-21-22-11-14-36-15-12-22/h4-8,13,16-19,22,28,36H,11-12,14-15,20-21H2,1-3H3,(H,38,41)(H,39,42). The van der Waals surface area contributed by atoms with Gasteiger partial charge in [-0.15, -0.1) is 0 Å². The van der Waals surface area contributed by atoms with Gasteiger partial charge in [0.25, 0.3) is 0 Å². The van der Waals surface area contributed by atoms with Crippen LogP contribution in [0.3, 0.4) is 0 Å². The van der Waals surface area contributed by atoms with Crippen molar-refractivity contribution >= 4 is 28.4 Å². The van der Waals surface area contributed by atoms with Crippen LogP contribution in [0.15, 0.2) is 60.8 Å². The molecule has 0 saturated carbocycles. The Hall–Kier alpha value is -4.92. The number of hydrogen-bond acceptors (Lipinski definition) is 8. The van der Waals surface area contributed by atoms with Crippen molar-refractivity contribution in [1.82, 2.24) is 20.5 Å². The van der Waals surface area contributed by atoms with Gasteiger partial charge < -0.3 is 35.1 Å². The maximum atomic E-state index is 15.1. The number of ether oxygens (including phenoxy) is 3. The van der Waals surface area contributed by atoms with E-state index in [-0.39, 0.29) is 24.0 Å². The summed E-state index contributed by atoms with van der Waals surface area (Å²) in [7, 11) is 5.32. The summed E-state index contributed by atoms with van der Waals surface area (Å²) in [5.41, 5.74) is 1.51. The SMILES string of the molecule is COc1cc2c(Oc3c#cc(NC(=O)C(=O)NCC(c4ccccc4)N(C)C)cc3F)ccnc2cc1OCC1CCNCC1. The topological polar surface area (TPSA) is 114 Å². The number of rotatable bonds is 11. The summed E-state index contributed by atoms with van der Waals surface area (Å²) in [4.78, 5) is 31.4. The van der Waals surface area contributed by atoms with Crippen molar-refractivity contribution in [2.45, 2.75) is 18.9 Å². The number of aromatic nitrogens is 1. The summed E-state index contributed by atoms with van der Waals surface area (Å²) >= 11 is 0. The number of pyridine rings is 1. The van der Waals surface area contributed by atoms with E-state index < -0.39 is 17.6 Å².